The fourth-order valence-electron chi connectivity index (χ4n) is 3.20. The van der Waals surface area contributed by atoms with Gasteiger partial charge in [0.1, 0.15) is 0 Å². The molecule has 0 aliphatic carbocycles. The van der Waals surface area contributed by atoms with Crippen LogP contribution in [0.1, 0.15) is 13.8 Å². The molecule has 2 aromatic carbocycles. The van der Waals surface area contributed by atoms with E-state index in [0.29, 0.717) is 0 Å². The molecule has 0 fully saturated rings. The van der Waals surface area contributed by atoms with Gasteiger partial charge in [-0.3, -0.25) is 4.98 Å². The van der Waals surface area contributed by atoms with Crippen LogP contribution in [-0.4, -0.2) is 28.0 Å². The molecular weight excluding hydrogens is 356 g/mol. The lowest BCUT2D eigenvalue weighted by atomic mass is 10.1. The maximum atomic E-state index is 5.96. The van der Waals surface area contributed by atoms with Crippen LogP contribution in [-0.2, 0) is 0 Å². The molecule has 136 valence electrons. The summed E-state index contributed by atoms with van der Waals surface area (Å²) in [5.41, 5.74) is 6.16. The summed E-state index contributed by atoms with van der Waals surface area (Å²) in [6.45, 7) is 6.12. The van der Waals surface area contributed by atoms with Crippen LogP contribution in [0.4, 0.5) is 5.95 Å². The predicted molar refractivity (Wildman–Crippen MR) is 113 cm³/mol. The molecule has 0 aliphatic rings. The Labute approximate surface area is 163 Å². The number of hydrogen-bond donors (Lipinski definition) is 1. The van der Waals surface area contributed by atoms with Gasteiger partial charge in [0.2, 0.25) is 5.95 Å². The topological polar surface area (TPSA) is 44.8 Å². The number of benzene rings is 2. The van der Waals surface area contributed by atoms with Crippen LogP contribution >= 0.6 is 11.6 Å². The van der Waals surface area contributed by atoms with E-state index in [1.165, 1.54) is 0 Å². The SMILES string of the molecule is CCN(CC)c1nc2cc(-c3ccc(-c4ccc(Cl)cc4)cn3)ccc2[nH]1. The Morgan fingerprint density at radius 1 is 0.889 bits per heavy atom. The highest BCUT2D eigenvalue weighted by Gasteiger charge is 2.10. The molecule has 4 nitrogen and oxygen atoms in total. The number of anilines is 1. The van der Waals surface area contributed by atoms with Crippen LogP contribution in [0.2, 0.25) is 5.02 Å². The smallest absolute Gasteiger partial charge is 0.203 e. The van der Waals surface area contributed by atoms with E-state index in [1.807, 2.05) is 36.5 Å². The predicted octanol–water partition coefficient (Wildman–Crippen LogP) is 5.79. The average molecular weight is 377 g/mol. The Kier molecular flexibility index (Phi) is 4.82. The highest BCUT2D eigenvalue weighted by molar-refractivity contribution is 6.30. The maximum absolute atomic E-state index is 5.96. The van der Waals surface area contributed by atoms with Crippen molar-refractivity contribution in [2.45, 2.75) is 13.8 Å². The van der Waals surface area contributed by atoms with Crippen LogP contribution in [0, 0.1) is 0 Å². The molecular formula is C22H21ClN4. The van der Waals surface area contributed by atoms with Gasteiger partial charge in [0.05, 0.1) is 16.7 Å². The molecule has 0 saturated carbocycles. The van der Waals surface area contributed by atoms with Crippen LogP contribution < -0.4 is 4.90 Å². The first kappa shape index (κ1) is 17.6. The minimum absolute atomic E-state index is 0.736. The molecule has 0 bridgehead atoms. The maximum Gasteiger partial charge on any atom is 0.203 e. The molecule has 2 heterocycles. The molecule has 2 aromatic heterocycles. The summed E-state index contributed by atoms with van der Waals surface area (Å²) in [7, 11) is 0. The molecule has 0 atom stereocenters. The molecule has 0 unspecified atom stereocenters. The largest absolute Gasteiger partial charge is 0.343 e. The number of fused-ring (bicyclic) bond motifs is 1. The molecule has 0 spiro atoms. The Morgan fingerprint density at radius 3 is 2.26 bits per heavy atom. The number of hydrogen-bond acceptors (Lipinski definition) is 3. The van der Waals surface area contributed by atoms with Crippen molar-refractivity contribution < 1.29 is 0 Å². The van der Waals surface area contributed by atoms with Gasteiger partial charge in [-0.2, -0.15) is 0 Å². The average Bonchev–Trinajstić information content (AvgIpc) is 3.12. The number of aromatic nitrogens is 3. The summed E-state index contributed by atoms with van der Waals surface area (Å²) in [6, 6.07) is 18.2. The lowest BCUT2D eigenvalue weighted by molar-refractivity contribution is 0.835. The molecule has 0 amide bonds. The van der Waals surface area contributed by atoms with E-state index in [-0.39, 0.29) is 0 Å². The van der Waals surface area contributed by atoms with E-state index in [2.05, 4.69) is 53.0 Å². The summed E-state index contributed by atoms with van der Waals surface area (Å²) in [6.07, 6.45) is 1.90. The monoisotopic (exact) mass is 376 g/mol. The minimum Gasteiger partial charge on any atom is -0.343 e. The molecule has 4 aromatic rings. The third-order valence-electron chi connectivity index (χ3n) is 4.77. The number of H-pyrrole nitrogens is 1. The first-order valence-corrected chi connectivity index (χ1v) is 9.53. The van der Waals surface area contributed by atoms with Gasteiger partial charge in [-0.15, -0.1) is 0 Å². The van der Waals surface area contributed by atoms with Crippen molar-refractivity contribution in [2.75, 3.05) is 18.0 Å². The molecule has 0 radical (unpaired) electrons. The van der Waals surface area contributed by atoms with Gasteiger partial charge in [-0.25, -0.2) is 4.98 Å². The molecule has 1 N–H and O–H groups in total. The normalized spacial score (nSPS) is 11.1. The van der Waals surface area contributed by atoms with Crippen molar-refractivity contribution >= 4 is 28.6 Å². The molecule has 0 aliphatic heterocycles. The first-order chi connectivity index (χ1) is 13.2. The van der Waals surface area contributed by atoms with E-state index >= 15 is 0 Å². The van der Waals surface area contributed by atoms with Gasteiger partial charge in [-0.05, 0) is 49.7 Å². The number of imidazole rings is 1. The Hall–Kier alpha value is -2.85. The highest BCUT2D eigenvalue weighted by Crippen LogP contribution is 2.26. The molecule has 0 saturated heterocycles. The molecule has 5 heteroatoms. The van der Waals surface area contributed by atoms with Crippen LogP contribution in [0.15, 0.2) is 60.8 Å². The van der Waals surface area contributed by atoms with E-state index < -0.39 is 0 Å². The molecule has 27 heavy (non-hydrogen) atoms. The highest BCUT2D eigenvalue weighted by atomic mass is 35.5. The number of pyridine rings is 1. The fourth-order valence-corrected chi connectivity index (χ4v) is 3.33. The van der Waals surface area contributed by atoms with Crippen molar-refractivity contribution in [1.82, 2.24) is 15.0 Å². The van der Waals surface area contributed by atoms with Crippen LogP contribution in [0.3, 0.4) is 0 Å². The Balaban J connectivity index is 1.64. The second-order valence-corrected chi connectivity index (χ2v) is 6.84. The summed E-state index contributed by atoms with van der Waals surface area (Å²) in [4.78, 5) is 15.0. The summed E-state index contributed by atoms with van der Waals surface area (Å²) in [5.74, 6) is 0.915. The van der Waals surface area contributed by atoms with E-state index in [1.54, 1.807) is 0 Å². The zero-order valence-electron chi connectivity index (χ0n) is 15.4. The van der Waals surface area contributed by atoms with Gasteiger partial charge < -0.3 is 9.88 Å². The Morgan fingerprint density at radius 2 is 1.59 bits per heavy atom. The quantitative estimate of drug-likeness (QED) is 0.479. The van der Waals surface area contributed by atoms with E-state index in [0.717, 1.165) is 57.5 Å². The standard InChI is InChI=1S/C22H21ClN4/c1-3-27(4-2)22-25-20-12-7-16(13-21(20)26-22)19-11-8-17(14-24-19)15-5-9-18(23)10-6-15/h5-14H,3-4H2,1-2H3,(H,25,26). The third kappa shape index (κ3) is 3.53. The van der Waals surface area contributed by atoms with Crippen molar-refractivity contribution in [2.24, 2.45) is 0 Å². The lowest BCUT2D eigenvalue weighted by Crippen LogP contribution is -2.22. The summed E-state index contributed by atoms with van der Waals surface area (Å²) >= 11 is 5.96. The van der Waals surface area contributed by atoms with E-state index in [4.69, 9.17) is 16.6 Å². The van der Waals surface area contributed by atoms with Crippen molar-refractivity contribution in [3.05, 3.63) is 65.8 Å². The van der Waals surface area contributed by atoms with Crippen LogP contribution in [0.5, 0.6) is 0 Å². The number of nitrogens with zero attached hydrogens (tertiary/aromatic N) is 3. The number of rotatable bonds is 5. The van der Waals surface area contributed by atoms with Gasteiger partial charge >= 0.3 is 0 Å². The first-order valence-electron chi connectivity index (χ1n) is 9.15. The number of nitrogens with one attached hydrogen (secondary N) is 1. The van der Waals surface area contributed by atoms with Gasteiger partial charge in [0.25, 0.3) is 0 Å². The third-order valence-corrected chi connectivity index (χ3v) is 5.02. The second kappa shape index (κ2) is 7.41. The summed E-state index contributed by atoms with van der Waals surface area (Å²) in [5, 5.41) is 0.736. The van der Waals surface area contributed by atoms with Gasteiger partial charge in [-0.1, -0.05) is 35.9 Å². The lowest BCUT2D eigenvalue weighted by Gasteiger charge is -2.16. The fraction of sp³-hybridized carbons (Fsp3) is 0.182. The zero-order valence-corrected chi connectivity index (χ0v) is 16.2. The zero-order chi connectivity index (χ0) is 18.8. The van der Waals surface area contributed by atoms with Crippen LogP contribution in [0.25, 0.3) is 33.4 Å². The van der Waals surface area contributed by atoms with Crippen molar-refractivity contribution in [3.63, 3.8) is 0 Å². The number of aromatic amines is 1. The number of halogens is 1. The summed E-state index contributed by atoms with van der Waals surface area (Å²) < 4.78 is 0. The molecule has 4 rings (SSSR count). The van der Waals surface area contributed by atoms with Gasteiger partial charge in [0, 0.05) is 35.4 Å². The van der Waals surface area contributed by atoms with Gasteiger partial charge in [0.15, 0.2) is 0 Å². The second-order valence-electron chi connectivity index (χ2n) is 6.40. The minimum atomic E-state index is 0.736. The van der Waals surface area contributed by atoms with E-state index in [9.17, 15) is 0 Å². The van der Waals surface area contributed by atoms with Crippen molar-refractivity contribution in [1.29, 1.82) is 0 Å². The van der Waals surface area contributed by atoms with Crippen molar-refractivity contribution in [3.8, 4) is 22.4 Å². The Bertz CT molecular complexity index is 1050.